The minimum Gasteiger partial charge on any atom is -0.456 e. The van der Waals surface area contributed by atoms with Crippen LogP contribution < -0.4 is 4.74 Å². The number of halogens is 5. The first-order valence-electron chi connectivity index (χ1n) is 15.6. The fraction of sp³-hybridized carbons (Fsp3) is 0.314. The second-order valence-electron chi connectivity index (χ2n) is 12.5. The summed E-state index contributed by atoms with van der Waals surface area (Å²) in [5, 5.41) is 19.6. The van der Waals surface area contributed by atoms with Crippen LogP contribution in [0.3, 0.4) is 0 Å². The number of amides is 1. The summed E-state index contributed by atoms with van der Waals surface area (Å²) in [6, 6.07) is 9.88. The van der Waals surface area contributed by atoms with Crippen LogP contribution in [0.15, 0.2) is 59.3 Å². The summed E-state index contributed by atoms with van der Waals surface area (Å²) in [5.41, 5.74) is -3.11. The largest absolute Gasteiger partial charge is 0.456 e. The van der Waals surface area contributed by atoms with Gasteiger partial charge in [0.05, 0.1) is 32.7 Å². The van der Waals surface area contributed by atoms with E-state index in [0.29, 0.717) is 23.1 Å². The third-order valence-corrected chi connectivity index (χ3v) is 10.5. The summed E-state index contributed by atoms with van der Waals surface area (Å²) in [4.78, 5) is 51.8. The number of carbonyl (C=O) groups excluding carboxylic acids is 3. The van der Waals surface area contributed by atoms with Crippen molar-refractivity contribution in [3.8, 4) is 5.75 Å². The Morgan fingerprint density at radius 1 is 1.02 bits per heavy atom. The normalized spacial score (nSPS) is 16.7. The van der Waals surface area contributed by atoms with Gasteiger partial charge in [-0.05, 0) is 59.8 Å². The van der Waals surface area contributed by atoms with E-state index >= 15 is 0 Å². The molecular formula is C35H31F5N2O8S3. The Bertz CT molecular complexity index is 1980. The SMILES string of the molecule is CCS[C@@H]1[C@@H]([C@@H](C)O)C(=O)N1C(C(=O)OCc1ccc([N+](=O)[O-])cc1)=C(Oc1cccc(C(=S)c2c(F)c(F)c(F)c(F)c2F)c1)SC(=O)C(C)(C)C. The number of esters is 1. The number of aliphatic hydroxyl groups is 1. The molecule has 1 fully saturated rings. The predicted molar refractivity (Wildman–Crippen MR) is 190 cm³/mol. The van der Waals surface area contributed by atoms with Crippen LogP contribution in [0.5, 0.6) is 5.75 Å². The number of carbonyl (C=O) groups is 3. The second-order valence-corrected chi connectivity index (χ2v) is 15.2. The zero-order valence-electron chi connectivity index (χ0n) is 28.6. The Labute approximate surface area is 313 Å². The van der Waals surface area contributed by atoms with E-state index in [4.69, 9.17) is 21.7 Å². The summed E-state index contributed by atoms with van der Waals surface area (Å²) in [6.07, 6.45) is -1.15. The van der Waals surface area contributed by atoms with Crippen LogP contribution in [0.2, 0.25) is 0 Å². The average molecular weight is 799 g/mol. The third-order valence-electron chi connectivity index (χ3n) is 7.63. The van der Waals surface area contributed by atoms with Gasteiger partial charge in [0.2, 0.25) is 16.8 Å². The first-order chi connectivity index (χ1) is 24.8. The van der Waals surface area contributed by atoms with Gasteiger partial charge in [0.15, 0.2) is 34.1 Å². The van der Waals surface area contributed by atoms with Gasteiger partial charge in [-0.25, -0.2) is 26.7 Å². The van der Waals surface area contributed by atoms with E-state index in [-0.39, 0.29) is 17.0 Å². The molecule has 0 spiro atoms. The number of hydrogen-bond acceptors (Lipinski definition) is 11. The van der Waals surface area contributed by atoms with Gasteiger partial charge in [0.1, 0.15) is 12.4 Å². The maximum atomic E-state index is 14.7. The van der Waals surface area contributed by atoms with Gasteiger partial charge in [0, 0.05) is 17.5 Å². The standard InChI is InChI=1S/C35H31F5N2O8S3/c1-6-52-31-21(16(2)43)30(44)41(31)28(32(45)49-15-17-10-12-19(13-11-17)42(47)48)33(53-34(46)35(3,4)5)50-20-9-7-8-18(14-20)29(51)22-23(36)25(38)27(40)26(39)24(22)37/h7-14,16,21,31,43H,6,15H2,1-5H3/t16-,21+,31-/m1/s1. The van der Waals surface area contributed by atoms with Crippen molar-refractivity contribution in [2.75, 3.05) is 5.75 Å². The Balaban J connectivity index is 1.86. The number of non-ortho nitro benzene ring substituents is 1. The van der Waals surface area contributed by atoms with Gasteiger partial charge in [0.25, 0.3) is 5.69 Å². The lowest BCUT2D eigenvalue weighted by atomic mass is 9.92. The summed E-state index contributed by atoms with van der Waals surface area (Å²) in [6.45, 7) is 7.45. The fourth-order valence-electron chi connectivity index (χ4n) is 4.84. The number of aliphatic hydroxyl groups excluding tert-OH is 1. The molecule has 53 heavy (non-hydrogen) atoms. The van der Waals surface area contributed by atoms with Crippen LogP contribution in [-0.2, 0) is 25.7 Å². The van der Waals surface area contributed by atoms with Crippen LogP contribution in [0.4, 0.5) is 27.6 Å². The maximum absolute atomic E-state index is 14.7. The van der Waals surface area contributed by atoms with E-state index in [9.17, 15) is 51.6 Å². The molecule has 1 aliphatic heterocycles. The van der Waals surface area contributed by atoms with Gasteiger partial charge in [-0.3, -0.25) is 24.6 Å². The van der Waals surface area contributed by atoms with Crippen molar-refractivity contribution in [1.82, 2.24) is 4.90 Å². The molecule has 1 amide bonds. The lowest BCUT2D eigenvalue weighted by Gasteiger charge is -2.48. The highest BCUT2D eigenvalue weighted by Gasteiger charge is 2.54. The minimum atomic E-state index is -2.37. The Morgan fingerprint density at radius 3 is 2.13 bits per heavy atom. The summed E-state index contributed by atoms with van der Waals surface area (Å²) in [5.74, 6) is -13.8. The van der Waals surface area contributed by atoms with Crippen LogP contribution in [0.25, 0.3) is 0 Å². The van der Waals surface area contributed by atoms with E-state index in [1.165, 1.54) is 61.2 Å². The van der Waals surface area contributed by atoms with E-state index < -0.39 is 102 Å². The zero-order valence-corrected chi connectivity index (χ0v) is 31.0. The summed E-state index contributed by atoms with van der Waals surface area (Å²) in [7, 11) is 0. The predicted octanol–water partition coefficient (Wildman–Crippen LogP) is 7.57. The number of rotatable bonds is 13. The lowest BCUT2D eigenvalue weighted by molar-refractivity contribution is -0.384. The monoisotopic (exact) mass is 798 g/mol. The number of β-lactam (4-membered cyclic amide) rings is 1. The van der Waals surface area contributed by atoms with E-state index in [1.54, 1.807) is 27.7 Å². The van der Waals surface area contributed by atoms with Gasteiger partial charge in [-0.2, -0.15) is 0 Å². The molecule has 4 rings (SSSR count). The molecule has 0 aliphatic carbocycles. The number of likely N-dealkylation sites (tertiary alicyclic amines) is 1. The summed E-state index contributed by atoms with van der Waals surface area (Å²) >= 11 is 6.75. The number of nitrogens with zero attached hydrogens (tertiary/aromatic N) is 2. The highest BCUT2D eigenvalue weighted by atomic mass is 32.2. The number of benzene rings is 3. The minimum absolute atomic E-state index is 0.218. The van der Waals surface area contributed by atoms with Gasteiger partial charge in [-0.15, -0.1) is 11.8 Å². The van der Waals surface area contributed by atoms with Gasteiger partial charge >= 0.3 is 5.97 Å². The molecule has 0 saturated carbocycles. The van der Waals surface area contributed by atoms with E-state index in [2.05, 4.69) is 0 Å². The molecule has 3 atom stereocenters. The number of thioether (sulfide) groups is 2. The van der Waals surface area contributed by atoms with Crippen molar-refractivity contribution < 1.29 is 55.8 Å². The van der Waals surface area contributed by atoms with Crippen LogP contribution in [-0.4, -0.2) is 54.0 Å². The molecule has 0 unspecified atom stereocenters. The van der Waals surface area contributed by atoms with Gasteiger partial charge < -0.3 is 14.6 Å². The summed E-state index contributed by atoms with van der Waals surface area (Å²) < 4.78 is 82.8. The Kier molecular flexibility index (Phi) is 13.1. The zero-order chi connectivity index (χ0) is 39.5. The molecule has 3 aromatic rings. The smallest absolute Gasteiger partial charge is 0.359 e. The maximum Gasteiger partial charge on any atom is 0.359 e. The van der Waals surface area contributed by atoms with Crippen molar-refractivity contribution >= 4 is 63.3 Å². The van der Waals surface area contributed by atoms with E-state index in [1.807, 2.05) is 0 Å². The van der Waals surface area contributed by atoms with Crippen molar-refractivity contribution in [1.29, 1.82) is 0 Å². The van der Waals surface area contributed by atoms with Crippen molar-refractivity contribution in [3.05, 3.63) is 115 Å². The molecule has 0 bridgehead atoms. The Morgan fingerprint density at radius 2 is 1.60 bits per heavy atom. The third kappa shape index (κ3) is 8.88. The molecule has 1 N–H and O–H groups in total. The Hall–Kier alpha value is -4.39. The molecule has 18 heteroatoms. The number of nitro benzene ring substituents is 1. The number of hydrogen-bond donors (Lipinski definition) is 1. The first kappa shape index (κ1) is 41.4. The van der Waals surface area contributed by atoms with Crippen molar-refractivity contribution in [2.45, 2.75) is 52.7 Å². The van der Waals surface area contributed by atoms with Crippen LogP contribution in [0.1, 0.15) is 51.3 Å². The number of thiocarbonyl (C=S) groups is 1. The highest BCUT2D eigenvalue weighted by molar-refractivity contribution is 8.16. The molecule has 1 heterocycles. The number of nitro groups is 1. The van der Waals surface area contributed by atoms with Gasteiger partial charge in [-0.1, -0.05) is 52.0 Å². The van der Waals surface area contributed by atoms with Crippen LogP contribution >= 0.6 is 35.7 Å². The quantitative estimate of drug-likeness (QED) is 0.0157. The first-order valence-corrected chi connectivity index (χ1v) is 17.9. The van der Waals surface area contributed by atoms with Crippen molar-refractivity contribution in [3.63, 3.8) is 0 Å². The second kappa shape index (κ2) is 16.7. The average Bonchev–Trinajstić information content (AvgIpc) is 3.10. The fourth-order valence-corrected chi connectivity index (χ4v) is 7.29. The molecule has 3 aromatic carbocycles. The number of ether oxygens (including phenoxy) is 2. The molecule has 1 aliphatic rings. The molecule has 1 saturated heterocycles. The molecule has 0 radical (unpaired) electrons. The lowest BCUT2D eigenvalue weighted by Crippen LogP contribution is -2.63. The molecule has 0 aromatic heterocycles. The van der Waals surface area contributed by atoms with Crippen molar-refractivity contribution in [2.24, 2.45) is 11.3 Å². The molecular weight excluding hydrogens is 768 g/mol. The topological polar surface area (TPSA) is 136 Å². The van der Waals surface area contributed by atoms with Crippen LogP contribution in [0, 0.1) is 50.5 Å². The molecule has 282 valence electrons. The highest BCUT2D eigenvalue weighted by Crippen LogP contribution is 2.44. The molecule has 10 nitrogen and oxygen atoms in total. The van der Waals surface area contributed by atoms with E-state index in [0.717, 1.165) is 11.0 Å².